The molecule has 7 heteroatoms. The number of rotatable bonds is 5. The van der Waals surface area contributed by atoms with Crippen LogP contribution in [0.1, 0.15) is 40.5 Å². The molecule has 2 amide bonds. The highest BCUT2D eigenvalue weighted by Gasteiger charge is 2.51. The Balaban J connectivity index is 2.05. The fraction of sp³-hybridized carbons (Fsp3) is 0.812. The molecule has 0 aliphatic carbocycles. The van der Waals surface area contributed by atoms with Crippen molar-refractivity contribution in [3.05, 3.63) is 0 Å². The molecule has 0 aromatic carbocycles. The zero-order valence-corrected chi connectivity index (χ0v) is 14.5. The average molecular weight is 326 g/mol. The third-order valence-electron chi connectivity index (χ3n) is 4.16. The van der Waals surface area contributed by atoms with Crippen LogP contribution in [0.5, 0.6) is 0 Å². The van der Waals surface area contributed by atoms with E-state index in [2.05, 4.69) is 5.32 Å². The van der Waals surface area contributed by atoms with Crippen molar-refractivity contribution in [2.24, 2.45) is 5.92 Å². The molecule has 0 bridgehead atoms. The standard InChI is InChI=1S/C16H26N2O5/c1-15(2,3)23-14(21)17-11(12(19)16(4)9-22-16)8-10-6-7-18(5)13(10)20/h10-11H,6-9H2,1-5H3,(H,17,21)/t10-,11+,16-/m1/s1. The molecule has 2 aliphatic heterocycles. The lowest BCUT2D eigenvalue weighted by atomic mass is 9.91. The summed E-state index contributed by atoms with van der Waals surface area (Å²) >= 11 is 0. The molecule has 2 saturated heterocycles. The molecule has 3 atom stereocenters. The molecule has 1 N–H and O–H groups in total. The van der Waals surface area contributed by atoms with E-state index in [1.807, 2.05) is 0 Å². The normalized spacial score (nSPS) is 28.5. The highest BCUT2D eigenvalue weighted by atomic mass is 16.6. The van der Waals surface area contributed by atoms with Crippen molar-refractivity contribution in [1.29, 1.82) is 0 Å². The Bertz CT molecular complexity index is 507. The molecule has 2 heterocycles. The van der Waals surface area contributed by atoms with Crippen LogP contribution < -0.4 is 5.32 Å². The molecule has 2 fully saturated rings. The van der Waals surface area contributed by atoms with Crippen LogP contribution in [0.3, 0.4) is 0 Å². The van der Waals surface area contributed by atoms with Crippen LogP contribution in [0.15, 0.2) is 0 Å². The van der Waals surface area contributed by atoms with Crippen molar-refractivity contribution in [3.8, 4) is 0 Å². The Morgan fingerprint density at radius 2 is 2.09 bits per heavy atom. The van der Waals surface area contributed by atoms with Gasteiger partial charge >= 0.3 is 6.09 Å². The fourth-order valence-electron chi connectivity index (χ4n) is 2.70. The molecule has 0 radical (unpaired) electrons. The van der Waals surface area contributed by atoms with Gasteiger partial charge in [-0.25, -0.2) is 4.79 Å². The number of amides is 2. The number of hydrogen-bond acceptors (Lipinski definition) is 5. The Hall–Kier alpha value is -1.63. The molecule has 2 aliphatic rings. The van der Waals surface area contributed by atoms with E-state index in [0.29, 0.717) is 19.6 Å². The van der Waals surface area contributed by atoms with Crippen molar-refractivity contribution in [3.63, 3.8) is 0 Å². The molecule has 0 aromatic rings. The molecule has 0 spiro atoms. The van der Waals surface area contributed by atoms with Gasteiger partial charge in [-0.3, -0.25) is 9.59 Å². The number of ether oxygens (including phenoxy) is 2. The topological polar surface area (TPSA) is 88.2 Å². The van der Waals surface area contributed by atoms with Gasteiger partial charge in [0, 0.05) is 19.5 Å². The van der Waals surface area contributed by atoms with Gasteiger partial charge in [-0.05, 0) is 40.5 Å². The van der Waals surface area contributed by atoms with E-state index in [4.69, 9.17) is 9.47 Å². The zero-order valence-electron chi connectivity index (χ0n) is 14.5. The summed E-state index contributed by atoms with van der Waals surface area (Å²) in [6, 6.07) is -0.780. The number of alkyl carbamates (subject to hydrolysis) is 1. The third kappa shape index (κ3) is 4.43. The van der Waals surface area contributed by atoms with Crippen molar-refractivity contribution >= 4 is 17.8 Å². The van der Waals surface area contributed by atoms with Crippen LogP contribution in [0.2, 0.25) is 0 Å². The van der Waals surface area contributed by atoms with Gasteiger partial charge in [0.25, 0.3) is 0 Å². The number of carbonyl (C=O) groups excluding carboxylic acids is 3. The quantitative estimate of drug-likeness (QED) is 0.765. The van der Waals surface area contributed by atoms with Crippen molar-refractivity contribution in [1.82, 2.24) is 10.2 Å². The molecule has 23 heavy (non-hydrogen) atoms. The van der Waals surface area contributed by atoms with Crippen LogP contribution >= 0.6 is 0 Å². The highest BCUT2D eigenvalue weighted by Crippen LogP contribution is 2.31. The summed E-state index contributed by atoms with van der Waals surface area (Å²) < 4.78 is 10.4. The smallest absolute Gasteiger partial charge is 0.408 e. The van der Waals surface area contributed by atoms with Gasteiger partial charge in [0.1, 0.15) is 11.2 Å². The number of likely N-dealkylation sites (tertiary alicyclic amines) is 1. The van der Waals surface area contributed by atoms with E-state index in [-0.39, 0.29) is 24.0 Å². The Morgan fingerprint density at radius 1 is 1.48 bits per heavy atom. The first kappa shape index (κ1) is 17.7. The minimum absolute atomic E-state index is 0.00987. The monoisotopic (exact) mass is 326 g/mol. The predicted molar refractivity (Wildman–Crippen MR) is 82.9 cm³/mol. The van der Waals surface area contributed by atoms with Crippen LogP contribution in [0.25, 0.3) is 0 Å². The summed E-state index contributed by atoms with van der Waals surface area (Å²) in [4.78, 5) is 38.3. The van der Waals surface area contributed by atoms with Gasteiger partial charge < -0.3 is 19.7 Å². The number of hydrogen-bond donors (Lipinski definition) is 1. The second kappa shape index (κ2) is 6.11. The number of epoxide rings is 1. The summed E-state index contributed by atoms with van der Waals surface area (Å²) in [7, 11) is 1.74. The highest BCUT2D eigenvalue weighted by molar-refractivity contribution is 5.96. The van der Waals surface area contributed by atoms with E-state index < -0.39 is 23.3 Å². The minimum Gasteiger partial charge on any atom is -0.444 e. The summed E-state index contributed by atoms with van der Waals surface area (Å²) in [5, 5.41) is 2.62. The van der Waals surface area contributed by atoms with E-state index >= 15 is 0 Å². The Kier molecular flexibility index (Phi) is 4.71. The molecular weight excluding hydrogens is 300 g/mol. The predicted octanol–water partition coefficient (Wildman–Crippen LogP) is 1.11. The molecule has 0 aromatic heterocycles. The molecule has 0 unspecified atom stereocenters. The van der Waals surface area contributed by atoms with Gasteiger partial charge in [-0.1, -0.05) is 0 Å². The van der Waals surface area contributed by atoms with Crippen LogP contribution in [0, 0.1) is 5.92 Å². The molecule has 130 valence electrons. The first-order chi connectivity index (χ1) is 10.5. The van der Waals surface area contributed by atoms with Gasteiger partial charge in [0.15, 0.2) is 5.78 Å². The van der Waals surface area contributed by atoms with E-state index in [0.717, 1.165) is 0 Å². The van der Waals surface area contributed by atoms with Crippen molar-refractivity contribution in [2.75, 3.05) is 20.2 Å². The Morgan fingerprint density at radius 3 is 2.52 bits per heavy atom. The first-order valence-electron chi connectivity index (χ1n) is 7.94. The number of ketones is 1. The van der Waals surface area contributed by atoms with Crippen LogP contribution in [-0.2, 0) is 19.1 Å². The largest absolute Gasteiger partial charge is 0.444 e. The van der Waals surface area contributed by atoms with Gasteiger partial charge in [0.2, 0.25) is 5.91 Å². The lowest BCUT2D eigenvalue weighted by Gasteiger charge is -2.25. The maximum Gasteiger partial charge on any atom is 0.408 e. The molecule has 2 rings (SSSR count). The van der Waals surface area contributed by atoms with Crippen LogP contribution in [0.4, 0.5) is 4.79 Å². The molecule has 7 nitrogen and oxygen atoms in total. The van der Waals surface area contributed by atoms with Gasteiger partial charge in [-0.15, -0.1) is 0 Å². The summed E-state index contributed by atoms with van der Waals surface area (Å²) in [6.45, 7) is 7.97. The molecular formula is C16H26N2O5. The van der Waals surface area contributed by atoms with Gasteiger partial charge in [-0.2, -0.15) is 0 Å². The van der Waals surface area contributed by atoms with Crippen molar-refractivity contribution in [2.45, 2.75) is 57.8 Å². The summed E-state index contributed by atoms with van der Waals surface area (Å²) in [5.41, 5.74) is -1.51. The number of nitrogens with zero attached hydrogens (tertiary/aromatic N) is 1. The number of nitrogens with one attached hydrogen (secondary N) is 1. The SMILES string of the molecule is CN1CC[C@H](C[C@H](NC(=O)OC(C)(C)C)C(=O)[C@@]2(C)CO2)C1=O. The van der Waals surface area contributed by atoms with E-state index in [9.17, 15) is 14.4 Å². The second-order valence-electron chi connectivity index (χ2n) is 7.56. The van der Waals surface area contributed by atoms with Crippen molar-refractivity contribution < 1.29 is 23.9 Å². The summed E-state index contributed by atoms with van der Waals surface area (Å²) in [6.07, 6.45) is 0.311. The maximum atomic E-state index is 12.6. The minimum atomic E-state index is -0.854. The number of carbonyl (C=O) groups is 3. The van der Waals surface area contributed by atoms with Gasteiger partial charge in [0.05, 0.1) is 12.6 Å². The lowest BCUT2D eigenvalue weighted by molar-refractivity contribution is -0.131. The fourth-order valence-corrected chi connectivity index (χ4v) is 2.70. The Labute approximate surface area is 136 Å². The molecule has 0 saturated carbocycles. The van der Waals surface area contributed by atoms with E-state index in [1.54, 1.807) is 39.6 Å². The van der Waals surface area contributed by atoms with E-state index in [1.165, 1.54) is 0 Å². The first-order valence-corrected chi connectivity index (χ1v) is 7.94. The van der Waals surface area contributed by atoms with Crippen LogP contribution in [-0.4, -0.2) is 60.1 Å². The third-order valence-corrected chi connectivity index (χ3v) is 4.16. The summed E-state index contributed by atoms with van der Waals surface area (Å²) in [5.74, 6) is -0.451. The number of Topliss-reactive ketones (excluding diaryl/α,β-unsaturated/α-hetero) is 1. The maximum absolute atomic E-state index is 12.6. The average Bonchev–Trinajstić information content (AvgIpc) is 3.09. The zero-order chi connectivity index (χ0) is 17.4. The second-order valence-corrected chi connectivity index (χ2v) is 7.56. The lowest BCUT2D eigenvalue weighted by Crippen LogP contribution is -2.49.